The third kappa shape index (κ3) is 3.65. The Labute approximate surface area is 124 Å². The molecule has 0 spiro atoms. The number of halogens is 2. The van der Waals surface area contributed by atoms with Gasteiger partial charge in [-0.2, -0.15) is 0 Å². The van der Waals surface area contributed by atoms with Crippen molar-refractivity contribution in [1.82, 2.24) is 5.43 Å². The van der Waals surface area contributed by atoms with E-state index in [0.29, 0.717) is 12.0 Å². The van der Waals surface area contributed by atoms with Gasteiger partial charge in [0.1, 0.15) is 0 Å². The van der Waals surface area contributed by atoms with Gasteiger partial charge in [-0.05, 0) is 37.8 Å². The minimum atomic E-state index is -0.818. The fourth-order valence-electron chi connectivity index (χ4n) is 2.32. The van der Waals surface area contributed by atoms with Crippen LogP contribution in [0.1, 0.15) is 34.7 Å². The summed E-state index contributed by atoms with van der Waals surface area (Å²) in [5.41, 5.74) is 5.49. The highest BCUT2D eigenvalue weighted by Gasteiger charge is 2.18. The Morgan fingerprint density at radius 1 is 1.00 bits per heavy atom. The quantitative estimate of drug-likeness (QED) is 0.650. The number of rotatable bonds is 5. The normalized spacial score (nSPS) is 12.4. The maximum atomic E-state index is 14.0. The zero-order chi connectivity index (χ0) is 15.4. The lowest BCUT2D eigenvalue weighted by Gasteiger charge is -2.18. The molecule has 0 saturated heterocycles. The lowest BCUT2D eigenvalue weighted by atomic mass is 9.97. The number of benzene rings is 2. The van der Waals surface area contributed by atoms with Crippen molar-refractivity contribution >= 4 is 0 Å². The van der Waals surface area contributed by atoms with E-state index in [9.17, 15) is 8.78 Å². The smallest absolute Gasteiger partial charge is 0.163 e. The summed E-state index contributed by atoms with van der Waals surface area (Å²) in [6.07, 6.45) is 1.34. The average Bonchev–Trinajstić information content (AvgIpc) is 2.49. The van der Waals surface area contributed by atoms with E-state index in [-0.39, 0.29) is 5.56 Å². The van der Waals surface area contributed by atoms with Crippen molar-refractivity contribution in [3.05, 3.63) is 70.3 Å². The van der Waals surface area contributed by atoms with Crippen LogP contribution in [-0.4, -0.2) is 0 Å². The molecule has 1 unspecified atom stereocenters. The van der Waals surface area contributed by atoms with Crippen LogP contribution in [0.3, 0.4) is 0 Å². The largest absolute Gasteiger partial charge is 0.271 e. The fourth-order valence-corrected chi connectivity index (χ4v) is 2.32. The fraction of sp³-hybridized carbons (Fsp3) is 0.294. The Bertz CT molecular complexity index is 609. The molecule has 3 N–H and O–H groups in total. The Balaban J connectivity index is 2.13. The van der Waals surface area contributed by atoms with Gasteiger partial charge in [0.2, 0.25) is 0 Å². The zero-order valence-electron chi connectivity index (χ0n) is 12.3. The maximum Gasteiger partial charge on any atom is 0.163 e. The van der Waals surface area contributed by atoms with Crippen molar-refractivity contribution in [1.29, 1.82) is 0 Å². The molecule has 2 rings (SSSR count). The number of nitrogens with one attached hydrogen (secondary N) is 1. The molecule has 4 heteroatoms. The van der Waals surface area contributed by atoms with Gasteiger partial charge in [-0.15, -0.1) is 0 Å². The van der Waals surface area contributed by atoms with Crippen LogP contribution in [0, 0.1) is 25.5 Å². The van der Waals surface area contributed by atoms with Crippen LogP contribution in [0.2, 0.25) is 0 Å². The predicted octanol–water partition coefficient (Wildman–Crippen LogP) is 3.72. The second-order valence-corrected chi connectivity index (χ2v) is 5.34. The summed E-state index contributed by atoms with van der Waals surface area (Å²) < 4.78 is 27.7. The molecule has 0 amide bonds. The van der Waals surface area contributed by atoms with Crippen molar-refractivity contribution in [2.75, 3.05) is 0 Å². The molecule has 0 aromatic heterocycles. The van der Waals surface area contributed by atoms with Crippen molar-refractivity contribution in [3.63, 3.8) is 0 Å². The Kier molecular flexibility index (Phi) is 5.04. The highest BCUT2D eigenvalue weighted by molar-refractivity contribution is 5.28. The predicted molar refractivity (Wildman–Crippen MR) is 80.7 cm³/mol. The first-order valence-electron chi connectivity index (χ1n) is 6.99. The summed E-state index contributed by atoms with van der Waals surface area (Å²) in [6, 6.07) is 10.9. The minimum absolute atomic E-state index is 0.271. The van der Waals surface area contributed by atoms with Gasteiger partial charge in [0.25, 0.3) is 0 Å². The van der Waals surface area contributed by atoms with Gasteiger partial charge in [0, 0.05) is 11.6 Å². The van der Waals surface area contributed by atoms with Gasteiger partial charge in [-0.3, -0.25) is 11.3 Å². The molecule has 21 heavy (non-hydrogen) atoms. The van der Waals surface area contributed by atoms with Crippen molar-refractivity contribution in [2.24, 2.45) is 5.84 Å². The molecule has 1 atom stereocenters. The lowest BCUT2D eigenvalue weighted by Crippen LogP contribution is -2.29. The minimum Gasteiger partial charge on any atom is -0.271 e. The maximum absolute atomic E-state index is 14.0. The standard InChI is InChI=1S/C17H20F2N2/c1-11-3-6-13(7-4-11)8-10-15(21-20)14-9-5-12(2)16(18)17(14)19/h3-7,9,15,21H,8,10,20H2,1-2H3. The van der Waals surface area contributed by atoms with Crippen LogP contribution in [0.15, 0.2) is 36.4 Å². The van der Waals surface area contributed by atoms with E-state index in [1.807, 2.05) is 31.2 Å². The van der Waals surface area contributed by atoms with Crippen LogP contribution in [0.4, 0.5) is 8.78 Å². The zero-order valence-corrected chi connectivity index (χ0v) is 12.3. The van der Waals surface area contributed by atoms with E-state index in [2.05, 4.69) is 5.43 Å². The number of aryl methyl sites for hydroxylation is 3. The van der Waals surface area contributed by atoms with E-state index < -0.39 is 17.7 Å². The second kappa shape index (κ2) is 6.78. The van der Waals surface area contributed by atoms with Crippen LogP contribution < -0.4 is 11.3 Å². The molecule has 112 valence electrons. The summed E-state index contributed by atoms with van der Waals surface area (Å²) in [6.45, 7) is 3.57. The number of hydrogen-bond donors (Lipinski definition) is 2. The number of nitrogens with two attached hydrogens (primary N) is 1. The van der Waals surface area contributed by atoms with Gasteiger partial charge in [0.15, 0.2) is 11.6 Å². The van der Waals surface area contributed by atoms with E-state index in [1.54, 1.807) is 19.1 Å². The van der Waals surface area contributed by atoms with E-state index >= 15 is 0 Å². The molecule has 0 aliphatic rings. The summed E-state index contributed by atoms with van der Waals surface area (Å²) >= 11 is 0. The monoisotopic (exact) mass is 290 g/mol. The van der Waals surface area contributed by atoms with Crippen molar-refractivity contribution in [3.8, 4) is 0 Å². The topological polar surface area (TPSA) is 38.0 Å². The SMILES string of the molecule is Cc1ccc(CCC(NN)c2ccc(C)c(F)c2F)cc1. The van der Waals surface area contributed by atoms with Crippen LogP contribution in [0.5, 0.6) is 0 Å². The molecular formula is C17H20F2N2. The summed E-state index contributed by atoms with van der Waals surface area (Å²) in [5, 5.41) is 0. The van der Waals surface area contributed by atoms with Gasteiger partial charge in [0.05, 0.1) is 0 Å². The Morgan fingerprint density at radius 2 is 1.67 bits per heavy atom. The third-order valence-corrected chi connectivity index (χ3v) is 3.72. The molecule has 2 aromatic rings. The van der Waals surface area contributed by atoms with Crippen LogP contribution >= 0.6 is 0 Å². The molecule has 0 heterocycles. The Hall–Kier alpha value is -1.78. The molecule has 0 radical (unpaired) electrons. The molecule has 2 aromatic carbocycles. The average molecular weight is 290 g/mol. The first kappa shape index (κ1) is 15.6. The lowest BCUT2D eigenvalue weighted by molar-refractivity contribution is 0.449. The summed E-state index contributed by atoms with van der Waals surface area (Å²) in [5.74, 6) is 3.89. The molecule has 0 aliphatic heterocycles. The van der Waals surface area contributed by atoms with Gasteiger partial charge >= 0.3 is 0 Å². The van der Waals surface area contributed by atoms with Crippen LogP contribution in [0.25, 0.3) is 0 Å². The van der Waals surface area contributed by atoms with E-state index in [4.69, 9.17) is 5.84 Å². The highest BCUT2D eigenvalue weighted by Crippen LogP contribution is 2.24. The number of hydrazine groups is 1. The highest BCUT2D eigenvalue weighted by atomic mass is 19.2. The van der Waals surface area contributed by atoms with Gasteiger partial charge < -0.3 is 0 Å². The first-order valence-corrected chi connectivity index (χ1v) is 6.99. The van der Waals surface area contributed by atoms with E-state index in [0.717, 1.165) is 12.0 Å². The Morgan fingerprint density at radius 3 is 2.29 bits per heavy atom. The van der Waals surface area contributed by atoms with Crippen molar-refractivity contribution in [2.45, 2.75) is 32.7 Å². The van der Waals surface area contributed by atoms with Gasteiger partial charge in [-0.1, -0.05) is 42.0 Å². The second-order valence-electron chi connectivity index (χ2n) is 5.34. The third-order valence-electron chi connectivity index (χ3n) is 3.72. The first-order chi connectivity index (χ1) is 10.0. The molecule has 0 fully saturated rings. The van der Waals surface area contributed by atoms with Crippen molar-refractivity contribution < 1.29 is 8.78 Å². The molecule has 0 aliphatic carbocycles. The van der Waals surface area contributed by atoms with Crippen LogP contribution in [-0.2, 0) is 6.42 Å². The summed E-state index contributed by atoms with van der Waals surface area (Å²) in [7, 11) is 0. The molecule has 0 saturated carbocycles. The van der Waals surface area contributed by atoms with Gasteiger partial charge in [-0.25, -0.2) is 8.78 Å². The summed E-state index contributed by atoms with van der Waals surface area (Å²) in [4.78, 5) is 0. The molecule has 0 bridgehead atoms. The molecule has 2 nitrogen and oxygen atoms in total. The number of hydrogen-bond acceptors (Lipinski definition) is 2. The molecular weight excluding hydrogens is 270 g/mol. The van der Waals surface area contributed by atoms with E-state index in [1.165, 1.54) is 5.56 Å².